The van der Waals surface area contributed by atoms with Gasteiger partial charge in [0.25, 0.3) is 0 Å². The molecule has 0 radical (unpaired) electrons. The lowest BCUT2D eigenvalue weighted by atomic mass is 9.96. The van der Waals surface area contributed by atoms with Crippen molar-refractivity contribution in [3.8, 4) is 5.88 Å². The van der Waals surface area contributed by atoms with E-state index in [1.54, 1.807) is 7.11 Å². The van der Waals surface area contributed by atoms with Gasteiger partial charge in [0.05, 0.1) is 7.11 Å². The Morgan fingerprint density at radius 2 is 1.20 bits per heavy atom. The Labute approximate surface area is 116 Å². The van der Waals surface area contributed by atoms with Crippen LogP contribution in [0, 0.1) is 0 Å². The molecule has 1 heterocycles. The molecule has 1 aromatic heterocycles. The van der Waals surface area contributed by atoms with Gasteiger partial charge >= 0.3 is 0 Å². The van der Waals surface area contributed by atoms with Gasteiger partial charge in [-0.05, 0) is 26.9 Å². The van der Waals surface area contributed by atoms with Gasteiger partial charge in [0, 0.05) is 17.6 Å². The van der Waals surface area contributed by atoms with Gasteiger partial charge in [-0.25, -0.2) is 4.98 Å². The second kappa shape index (κ2) is 4.20. The zero-order chi connectivity index (χ0) is 13.5. The fourth-order valence-electron chi connectivity index (χ4n) is 2.89. The van der Waals surface area contributed by atoms with E-state index in [4.69, 9.17) is 4.74 Å². The van der Waals surface area contributed by atoms with Crippen molar-refractivity contribution in [2.45, 2.75) is 0 Å². The Kier molecular flexibility index (Phi) is 2.36. The standard InChI is InChI=1S/C18H13NO/c1-20-18-10-16-14-8-4-2-6-12(14)13-7-3-5-9-15(13)17(16)11-19-18/h2-11H,1H3. The quantitative estimate of drug-likeness (QED) is 0.468. The summed E-state index contributed by atoms with van der Waals surface area (Å²) < 4.78 is 5.27. The molecule has 4 aromatic rings. The predicted molar refractivity (Wildman–Crippen MR) is 83.3 cm³/mol. The molecule has 0 saturated carbocycles. The molecule has 0 aliphatic carbocycles. The number of rotatable bonds is 1. The molecular weight excluding hydrogens is 246 g/mol. The minimum atomic E-state index is 0.651. The minimum Gasteiger partial charge on any atom is -0.481 e. The van der Waals surface area contributed by atoms with Crippen molar-refractivity contribution < 1.29 is 4.74 Å². The highest BCUT2D eigenvalue weighted by atomic mass is 16.5. The van der Waals surface area contributed by atoms with Crippen molar-refractivity contribution in [2.24, 2.45) is 0 Å². The maximum absolute atomic E-state index is 5.27. The fourth-order valence-corrected chi connectivity index (χ4v) is 2.89. The van der Waals surface area contributed by atoms with E-state index in [1.807, 2.05) is 12.3 Å². The lowest BCUT2D eigenvalue weighted by molar-refractivity contribution is 0.399. The summed E-state index contributed by atoms with van der Waals surface area (Å²) >= 11 is 0. The molecule has 0 spiro atoms. The lowest BCUT2D eigenvalue weighted by Crippen LogP contribution is -1.89. The smallest absolute Gasteiger partial charge is 0.213 e. The Bertz CT molecular complexity index is 908. The van der Waals surface area contributed by atoms with Crippen molar-refractivity contribution in [3.05, 3.63) is 60.8 Å². The van der Waals surface area contributed by atoms with E-state index < -0.39 is 0 Å². The topological polar surface area (TPSA) is 22.1 Å². The molecule has 2 nitrogen and oxygen atoms in total. The van der Waals surface area contributed by atoms with E-state index in [0.717, 1.165) is 0 Å². The molecular formula is C18H13NO. The molecule has 3 aromatic carbocycles. The zero-order valence-electron chi connectivity index (χ0n) is 11.1. The van der Waals surface area contributed by atoms with E-state index in [1.165, 1.54) is 32.3 Å². The average molecular weight is 259 g/mol. The van der Waals surface area contributed by atoms with Gasteiger partial charge < -0.3 is 4.74 Å². The van der Waals surface area contributed by atoms with Crippen LogP contribution in [0.1, 0.15) is 0 Å². The Hall–Kier alpha value is -2.61. The molecule has 0 atom stereocenters. The Morgan fingerprint density at radius 3 is 1.75 bits per heavy atom. The molecule has 20 heavy (non-hydrogen) atoms. The van der Waals surface area contributed by atoms with Crippen LogP contribution >= 0.6 is 0 Å². The summed E-state index contributed by atoms with van der Waals surface area (Å²) in [7, 11) is 1.65. The molecule has 96 valence electrons. The number of fused-ring (bicyclic) bond motifs is 6. The van der Waals surface area contributed by atoms with Crippen LogP contribution in [0.15, 0.2) is 60.8 Å². The van der Waals surface area contributed by atoms with E-state index in [2.05, 4.69) is 53.5 Å². The number of hydrogen-bond donors (Lipinski definition) is 0. The normalized spacial score (nSPS) is 11.2. The van der Waals surface area contributed by atoms with E-state index >= 15 is 0 Å². The van der Waals surface area contributed by atoms with Crippen molar-refractivity contribution in [2.75, 3.05) is 7.11 Å². The fraction of sp³-hybridized carbons (Fsp3) is 0.0556. The van der Waals surface area contributed by atoms with Crippen LogP contribution in [-0.2, 0) is 0 Å². The minimum absolute atomic E-state index is 0.651. The van der Waals surface area contributed by atoms with Crippen molar-refractivity contribution in [3.63, 3.8) is 0 Å². The number of nitrogens with zero attached hydrogens (tertiary/aromatic N) is 1. The van der Waals surface area contributed by atoms with Crippen LogP contribution in [0.25, 0.3) is 32.3 Å². The van der Waals surface area contributed by atoms with Crippen molar-refractivity contribution >= 4 is 32.3 Å². The number of ether oxygens (including phenoxy) is 1. The number of hydrogen-bond acceptors (Lipinski definition) is 2. The van der Waals surface area contributed by atoms with Gasteiger partial charge in [-0.3, -0.25) is 0 Å². The average Bonchev–Trinajstić information content (AvgIpc) is 2.54. The van der Waals surface area contributed by atoms with Gasteiger partial charge in [0.2, 0.25) is 5.88 Å². The van der Waals surface area contributed by atoms with Crippen LogP contribution in [0.3, 0.4) is 0 Å². The number of benzene rings is 3. The van der Waals surface area contributed by atoms with Crippen LogP contribution in [-0.4, -0.2) is 12.1 Å². The zero-order valence-corrected chi connectivity index (χ0v) is 11.1. The third kappa shape index (κ3) is 1.48. The summed E-state index contributed by atoms with van der Waals surface area (Å²) in [5, 5.41) is 7.36. The molecule has 0 aliphatic rings. The third-order valence-corrected chi connectivity index (χ3v) is 3.81. The molecule has 2 heteroatoms. The number of methoxy groups -OCH3 is 1. The first kappa shape index (κ1) is 11.2. The first-order chi connectivity index (χ1) is 9.88. The van der Waals surface area contributed by atoms with Crippen LogP contribution < -0.4 is 4.74 Å². The molecule has 0 unspecified atom stereocenters. The summed E-state index contributed by atoms with van der Waals surface area (Å²) in [6.45, 7) is 0. The molecule has 0 saturated heterocycles. The largest absolute Gasteiger partial charge is 0.481 e. The first-order valence-corrected chi connectivity index (χ1v) is 6.61. The maximum Gasteiger partial charge on any atom is 0.213 e. The summed E-state index contributed by atoms with van der Waals surface area (Å²) in [5.74, 6) is 0.651. The summed E-state index contributed by atoms with van der Waals surface area (Å²) in [6.07, 6.45) is 1.91. The maximum atomic E-state index is 5.27. The van der Waals surface area contributed by atoms with Gasteiger partial charge in [0.15, 0.2) is 0 Å². The molecule has 0 amide bonds. The second-order valence-electron chi connectivity index (χ2n) is 4.86. The van der Waals surface area contributed by atoms with E-state index in [-0.39, 0.29) is 0 Å². The van der Waals surface area contributed by atoms with Crippen molar-refractivity contribution in [1.82, 2.24) is 4.98 Å². The molecule has 4 rings (SSSR count). The highest BCUT2D eigenvalue weighted by Gasteiger charge is 2.08. The monoisotopic (exact) mass is 259 g/mol. The van der Waals surface area contributed by atoms with Crippen LogP contribution in [0.4, 0.5) is 0 Å². The molecule has 0 aliphatic heterocycles. The second-order valence-corrected chi connectivity index (χ2v) is 4.86. The molecule has 0 fully saturated rings. The lowest BCUT2D eigenvalue weighted by Gasteiger charge is -2.10. The van der Waals surface area contributed by atoms with E-state index in [9.17, 15) is 0 Å². The summed E-state index contributed by atoms with van der Waals surface area (Å²) in [5.41, 5.74) is 0. The SMILES string of the molecule is COc1cc2c3ccccc3c3ccccc3c2cn1. The summed E-state index contributed by atoms with van der Waals surface area (Å²) in [4.78, 5) is 4.36. The van der Waals surface area contributed by atoms with E-state index in [0.29, 0.717) is 5.88 Å². The Morgan fingerprint density at radius 1 is 0.700 bits per heavy atom. The highest BCUT2D eigenvalue weighted by Crippen LogP contribution is 2.35. The number of aromatic nitrogens is 1. The summed E-state index contributed by atoms with van der Waals surface area (Å²) in [6, 6.07) is 19.0. The van der Waals surface area contributed by atoms with Crippen LogP contribution in [0.5, 0.6) is 5.88 Å². The number of pyridine rings is 1. The van der Waals surface area contributed by atoms with Gasteiger partial charge in [0.1, 0.15) is 0 Å². The van der Waals surface area contributed by atoms with Gasteiger partial charge in [-0.15, -0.1) is 0 Å². The van der Waals surface area contributed by atoms with Gasteiger partial charge in [-0.2, -0.15) is 0 Å². The molecule has 0 N–H and O–H groups in total. The first-order valence-electron chi connectivity index (χ1n) is 6.61. The molecule has 0 bridgehead atoms. The van der Waals surface area contributed by atoms with Gasteiger partial charge in [-0.1, -0.05) is 48.5 Å². The van der Waals surface area contributed by atoms with Crippen molar-refractivity contribution in [1.29, 1.82) is 0 Å². The van der Waals surface area contributed by atoms with Crippen LogP contribution in [0.2, 0.25) is 0 Å². The highest BCUT2D eigenvalue weighted by molar-refractivity contribution is 6.25. The predicted octanol–water partition coefficient (Wildman–Crippen LogP) is 4.55. The Balaban J connectivity index is 2.35. The third-order valence-electron chi connectivity index (χ3n) is 3.81.